The van der Waals surface area contributed by atoms with Gasteiger partial charge in [0.1, 0.15) is 11.5 Å². The molecule has 4 aromatic rings. The van der Waals surface area contributed by atoms with Gasteiger partial charge in [-0.3, -0.25) is 9.20 Å². The molecular formula is C25H23ClN6O2. The fourth-order valence-electron chi connectivity index (χ4n) is 4.76. The van der Waals surface area contributed by atoms with Crippen molar-refractivity contribution in [3.63, 3.8) is 0 Å². The number of rotatable bonds is 4. The van der Waals surface area contributed by atoms with Gasteiger partial charge in [-0.05, 0) is 42.7 Å². The lowest BCUT2D eigenvalue weighted by atomic mass is 9.99. The molecule has 0 aliphatic carbocycles. The number of aliphatic hydroxyl groups excluding tert-OH is 1. The highest BCUT2D eigenvalue weighted by Gasteiger charge is 2.27. The molecule has 0 bridgehead atoms. The highest BCUT2D eigenvalue weighted by molar-refractivity contribution is 6.30. The first-order chi connectivity index (χ1) is 16.6. The molecule has 1 aromatic carbocycles. The lowest BCUT2D eigenvalue weighted by Gasteiger charge is -2.31. The van der Waals surface area contributed by atoms with Crippen molar-refractivity contribution in [2.45, 2.75) is 25.5 Å². The van der Waals surface area contributed by atoms with Crippen molar-refractivity contribution < 1.29 is 9.90 Å². The van der Waals surface area contributed by atoms with E-state index < -0.39 is 0 Å². The molecule has 0 atom stereocenters. The van der Waals surface area contributed by atoms with Gasteiger partial charge >= 0.3 is 0 Å². The van der Waals surface area contributed by atoms with E-state index in [1.54, 1.807) is 6.20 Å². The largest absolute Gasteiger partial charge is 0.393 e. The molecule has 0 spiro atoms. The van der Waals surface area contributed by atoms with Crippen LogP contribution in [0, 0.1) is 0 Å². The standard InChI is InChI=1S/C25H23ClN6O2/c26-15-5-10-32-21(14-28-23(32)11-15)18-2-3-20(24-19(18)13-29-25(24)34)30-22-4-1-16(12-27-22)31-8-6-17(33)7-9-31/h1-5,10-12,14,17,33H,6-9,13H2,(H,27,30)(H,29,34). The second-order valence-electron chi connectivity index (χ2n) is 8.66. The van der Waals surface area contributed by atoms with Crippen molar-refractivity contribution in [1.82, 2.24) is 19.7 Å². The van der Waals surface area contributed by atoms with Crippen LogP contribution in [0.15, 0.2) is 55.0 Å². The van der Waals surface area contributed by atoms with E-state index in [1.165, 1.54) is 0 Å². The minimum Gasteiger partial charge on any atom is -0.393 e. The zero-order chi connectivity index (χ0) is 23.2. The van der Waals surface area contributed by atoms with Crippen LogP contribution in [0.25, 0.3) is 16.9 Å². The molecule has 172 valence electrons. The second-order valence-corrected chi connectivity index (χ2v) is 9.09. The molecule has 1 saturated heterocycles. The number of halogens is 1. The average molecular weight is 475 g/mol. The molecule has 2 aliphatic heterocycles. The number of piperidine rings is 1. The van der Waals surface area contributed by atoms with Crippen LogP contribution in [-0.2, 0) is 6.54 Å². The van der Waals surface area contributed by atoms with Gasteiger partial charge in [0.15, 0.2) is 0 Å². The molecule has 2 aliphatic rings. The number of aromatic nitrogens is 3. The molecule has 8 nitrogen and oxygen atoms in total. The van der Waals surface area contributed by atoms with Crippen molar-refractivity contribution >= 4 is 40.3 Å². The number of benzene rings is 1. The van der Waals surface area contributed by atoms with Crippen molar-refractivity contribution in [3.8, 4) is 11.3 Å². The summed E-state index contributed by atoms with van der Waals surface area (Å²) in [5, 5.41) is 16.6. The molecule has 0 unspecified atom stereocenters. The number of hydrogen-bond acceptors (Lipinski definition) is 6. The number of carbonyl (C=O) groups is 1. The van der Waals surface area contributed by atoms with E-state index in [0.717, 1.165) is 54.1 Å². The Bertz CT molecular complexity index is 1390. The van der Waals surface area contributed by atoms with E-state index in [9.17, 15) is 9.90 Å². The highest BCUT2D eigenvalue weighted by atomic mass is 35.5. The molecule has 34 heavy (non-hydrogen) atoms. The van der Waals surface area contributed by atoms with Gasteiger partial charge in [-0.2, -0.15) is 0 Å². The Kier molecular flexibility index (Phi) is 5.12. The Hall–Kier alpha value is -3.62. The molecule has 3 aromatic heterocycles. The maximum Gasteiger partial charge on any atom is 0.254 e. The van der Waals surface area contributed by atoms with Crippen LogP contribution >= 0.6 is 11.6 Å². The Morgan fingerprint density at radius 1 is 1.09 bits per heavy atom. The van der Waals surface area contributed by atoms with Crippen LogP contribution in [-0.4, -0.2) is 44.6 Å². The van der Waals surface area contributed by atoms with Crippen LogP contribution in [0.3, 0.4) is 0 Å². The second kappa shape index (κ2) is 8.30. The third-order valence-corrected chi connectivity index (χ3v) is 6.79. The monoisotopic (exact) mass is 474 g/mol. The van der Waals surface area contributed by atoms with Gasteiger partial charge < -0.3 is 20.6 Å². The van der Waals surface area contributed by atoms with Crippen LogP contribution in [0.5, 0.6) is 0 Å². The average Bonchev–Trinajstić information content (AvgIpc) is 3.44. The third kappa shape index (κ3) is 3.65. The van der Waals surface area contributed by atoms with Crippen LogP contribution in [0.2, 0.25) is 5.02 Å². The van der Waals surface area contributed by atoms with E-state index in [0.29, 0.717) is 28.6 Å². The summed E-state index contributed by atoms with van der Waals surface area (Å²) in [7, 11) is 0. The zero-order valence-electron chi connectivity index (χ0n) is 18.3. The first kappa shape index (κ1) is 20.9. The Labute approximate surface area is 201 Å². The Balaban J connectivity index is 1.31. The molecule has 3 N–H and O–H groups in total. The fourth-order valence-corrected chi connectivity index (χ4v) is 4.91. The van der Waals surface area contributed by atoms with Gasteiger partial charge in [-0.15, -0.1) is 0 Å². The summed E-state index contributed by atoms with van der Waals surface area (Å²) in [4.78, 5) is 24.0. The predicted molar refractivity (Wildman–Crippen MR) is 132 cm³/mol. The van der Waals surface area contributed by atoms with E-state index in [2.05, 4.69) is 25.5 Å². The maximum atomic E-state index is 12.8. The van der Waals surface area contributed by atoms with Gasteiger partial charge in [0.05, 0.1) is 41.1 Å². The van der Waals surface area contributed by atoms with Crippen LogP contribution in [0.4, 0.5) is 17.2 Å². The lowest BCUT2D eigenvalue weighted by Crippen LogP contribution is -2.35. The number of anilines is 3. The molecule has 1 amide bonds. The van der Waals surface area contributed by atoms with Gasteiger partial charge in [-0.25, -0.2) is 9.97 Å². The Morgan fingerprint density at radius 2 is 1.94 bits per heavy atom. The van der Waals surface area contributed by atoms with Crippen molar-refractivity contribution in [2.24, 2.45) is 0 Å². The number of amides is 1. The first-order valence-electron chi connectivity index (χ1n) is 11.3. The summed E-state index contributed by atoms with van der Waals surface area (Å²) in [6.45, 7) is 2.09. The summed E-state index contributed by atoms with van der Waals surface area (Å²) >= 11 is 6.11. The van der Waals surface area contributed by atoms with Crippen molar-refractivity contribution in [1.29, 1.82) is 0 Å². The normalized spacial score (nSPS) is 16.1. The van der Waals surface area contributed by atoms with Crippen molar-refractivity contribution in [2.75, 3.05) is 23.3 Å². The molecule has 9 heteroatoms. The third-order valence-electron chi connectivity index (χ3n) is 6.56. The van der Waals surface area contributed by atoms with E-state index in [4.69, 9.17) is 11.6 Å². The predicted octanol–water partition coefficient (Wildman–Crippen LogP) is 4.00. The molecule has 0 radical (unpaired) electrons. The number of nitrogens with zero attached hydrogens (tertiary/aromatic N) is 4. The quantitative estimate of drug-likeness (QED) is 0.414. The summed E-state index contributed by atoms with van der Waals surface area (Å²) in [5.74, 6) is 0.555. The van der Waals surface area contributed by atoms with Gasteiger partial charge in [0.25, 0.3) is 5.91 Å². The first-order valence-corrected chi connectivity index (χ1v) is 11.7. The molecule has 5 heterocycles. The van der Waals surface area contributed by atoms with Gasteiger partial charge in [0, 0.05) is 42.5 Å². The van der Waals surface area contributed by atoms with Crippen molar-refractivity contribution in [3.05, 3.63) is 71.1 Å². The van der Waals surface area contributed by atoms with E-state index in [-0.39, 0.29) is 12.0 Å². The summed E-state index contributed by atoms with van der Waals surface area (Å²) in [6.07, 6.45) is 6.85. The van der Waals surface area contributed by atoms with Gasteiger partial charge in [0.2, 0.25) is 0 Å². The number of nitrogens with one attached hydrogen (secondary N) is 2. The number of aliphatic hydroxyl groups is 1. The Morgan fingerprint density at radius 3 is 2.74 bits per heavy atom. The van der Waals surface area contributed by atoms with Crippen LogP contribution < -0.4 is 15.5 Å². The molecular weight excluding hydrogens is 452 g/mol. The lowest BCUT2D eigenvalue weighted by molar-refractivity contribution is 0.0966. The van der Waals surface area contributed by atoms with Crippen LogP contribution in [0.1, 0.15) is 28.8 Å². The maximum absolute atomic E-state index is 12.8. The summed E-state index contributed by atoms with van der Waals surface area (Å²) in [5.41, 5.74) is 5.90. The number of pyridine rings is 2. The number of fused-ring (bicyclic) bond motifs is 2. The molecule has 0 saturated carbocycles. The zero-order valence-corrected chi connectivity index (χ0v) is 19.1. The number of imidazole rings is 1. The molecule has 1 fully saturated rings. The SMILES string of the molecule is O=C1NCc2c(-c3cnc4cc(Cl)ccn34)ccc(Nc3ccc(N4CCC(O)CC4)cn3)c21. The number of hydrogen-bond donors (Lipinski definition) is 3. The smallest absolute Gasteiger partial charge is 0.254 e. The summed E-state index contributed by atoms with van der Waals surface area (Å²) in [6, 6.07) is 11.5. The highest BCUT2D eigenvalue weighted by Crippen LogP contribution is 2.35. The molecule has 6 rings (SSSR count). The van der Waals surface area contributed by atoms with E-state index in [1.807, 2.05) is 53.2 Å². The number of carbonyl (C=O) groups excluding carboxylic acids is 1. The minimum atomic E-state index is -0.209. The topological polar surface area (TPSA) is 94.8 Å². The summed E-state index contributed by atoms with van der Waals surface area (Å²) < 4.78 is 1.97. The van der Waals surface area contributed by atoms with Gasteiger partial charge in [-0.1, -0.05) is 17.7 Å². The fraction of sp³-hybridized carbons (Fsp3) is 0.240. The van der Waals surface area contributed by atoms with E-state index >= 15 is 0 Å². The minimum absolute atomic E-state index is 0.111.